The van der Waals surface area contributed by atoms with E-state index in [0.717, 1.165) is 54.3 Å². The van der Waals surface area contributed by atoms with E-state index in [-0.39, 0.29) is 10.8 Å². The SMILES string of the molecule is CC(Sc1nc2nn(-c3ccccc3)c(=O)c-2c2n1CCCCC2)c1nc(-c2cccnc2)no1. The number of benzene rings is 1. The van der Waals surface area contributed by atoms with Gasteiger partial charge in [-0.05, 0) is 50.5 Å². The smallest absolute Gasteiger partial charge is 0.284 e. The minimum atomic E-state index is -0.138. The Morgan fingerprint density at radius 1 is 1.03 bits per heavy atom. The third-order valence-corrected chi connectivity index (χ3v) is 7.24. The van der Waals surface area contributed by atoms with Crippen LogP contribution in [-0.4, -0.2) is 34.5 Å². The van der Waals surface area contributed by atoms with Crippen LogP contribution in [0.3, 0.4) is 0 Å². The lowest BCUT2D eigenvalue weighted by Gasteiger charge is -2.18. The molecule has 3 aromatic rings. The van der Waals surface area contributed by atoms with Gasteiger partial charge in [-0.25, -0.2) is 4.98 Å². The van der Waals surface area contributed by atoms with Crippen molar-refractivity contribution in [3.05, 3.63) is 76.8 Å². The summed E-state index contributed by atoms with van der Waals surface area (Å²) in [6, 6.07) is 13.2. The number of hydrogen-bond acceptors (Lipinski definition) is 8. The molecule has 1 atom stereocenters. The van der Waals surface area contributed by atoms with Crippen LogP contribution in [0.1, 0.15) is 43.0 Å². The second kappa shape index (κ2) is 9.10. The van der Waals surface area contributed by atoms with Gasteiger partial charge in [-0.2, -0.15) is 9.67 Å². The molecule has 176 valence electrons. The fourth-order valence-corrected chi connectivity index (χ4v) is 5.39. The zero-order chi connectivity index (χ0) is 23.8. The fourth-order valence-electron chi connectivity index (χ4n) is 4.41. The summed E-state index contributed by atoms with van der Waals surface area (Å²) in [5.41, 5.74) is 3.04. The quantitative estimate of drug-likeness (QED) is 0.264. The number of hydrogen-bond donors (Lipinski definition) is 0. The summed E-state index contributed by atoms with van der Waals surface area (Å²) < 4.78 is 9.22. The second-order valence-electron chi connectivity index (χ2n) is 8.51. The Labute approximate surface area is 205 Å². The van der Waals surface area contributed by atoms with Crippen LogP contribution >= 0.6 is 11.8 Å². The van der Waals surface area contributed by atoms with E-state index < -0.39 is 0 Å². The van der Waals surface area contributed by atoms with Crippen molar-refractivity contribution >= 4 is 11.8 Å². The summed E-state index contributed by atoms with van der Waals surface area (Å²) in [6.45, 7) is 2.83. The normalized spacial score (nSPS) is 14.5. The van der Waals surface area contributed by atoms with Crippen LogP contribution < -0.4 is 5.56 Å². The van der Waals surface area contributed by atoms with Crippen LogP contribution in [-0.2, 0) is 13.0 Å². The zero-order valence-electron chi connectivity index (χ0n) is 19.2. The van der Waals surface area contributed by atoms with E-state index in [0.29, 0.717) is 23.1 Å². The molecule has 2 aromatic heterocycles. The van der Waals surface area contributed by atoms with E-state index in [1.165, 1.54) is 4.68 Å². The number of nitrogens with zero attached hydrogens (tertiary/aromatic N) is 7. The summed E-state index contributed by atoms with van der Waals surface area (Å²) >= 11 is 1.54. The van der Waals surface area contributed by atoms with Crippen molar-refractivity contribution in [1.29, 1.82) is 0 Å². The van der Waals surface area contributed by atoms with Gasteiger partial charge in [0.15, 0.2) is 11.0 Å². The molecular weight excluding hydrogens is 462 g/mol. The Bertz CT molecular complexity index is 1490. The Morgan fingerprint density at radius 3 is 2.74 bits per heavy atom. The van der Waals surface area contributed by atoms with E-state index in [1.54, 1.807) is 24.2 Å². The Balaban J connectivity index is 1.40. The molecule has 0 saturated carbocycles. The first-order valence-corrected chi connectivity index (χ1v) is 12.6. The van der Waals surface area contributed by atoms with Crippen molar-refractivity contribution < 1.29 is 4.52 Å². The first-order valence-electron chi connectivity index (χ1n) is 11.7. The molecule has 0 spiro atoms. The van der Waals surface area contributed by atoms with Gasteiger partial charge in [-0.1, -0.05) is 41.5 Å². The molecule has 10 heteroatoms. The van der Waals surface area contributed by atoms with Gasteiger partial charge in [0.2, 0.25) is 11.7 Å². The Hall–Kier alpha value is -3.79. The molecule has 0 aliphatic carbocycles. The minimum absolute atomic E-state index is 0.119. The summed E-state index contributed by atoms with van der Waals surface area (Å²) in [7, 11) is 0. The molecule has 0 fully saturated rings. The van der Waals surface area contributed by atoms with Crippen LogP contribution in [0.4, 0.5) is 0 Å². The van der Waals surface area contributed by atoms with Crippen molar-refractivity contribution in [2.45, 2.75) is 49.6 Å². The van der Waals surface area contributed by atoms with Crippen LogP contribution in [0.25, 0.3) is 28.5 Å². The third kappa shape index (κ3) is 4.03. The number of rotatable bonds is 5. The Kier molecular flexibility index (Phi) is 5.65. The monoisotopic (exact) mass is 485 g/mol. The lowest BCUT2D eigenvalue weighted by molar-refractivity contribution is 0.380. The number of para-hydroxylation sites is 1. The third-order valence-electron chi connectivity index (χ3n) is 6.16. The van der Waals surface area contributed by atoms with Gasteiger partial charge in [0.1, 0.15) is 5.56 Å². The molecule has 5 heterocycles. The minimum Gasteiger partial charge on any atom is -0.338 e. The topological polar surface area (TPSA) is 105 Å². The molecular formula is C25H23N7O2S. The predicted octanol–water partition coefficient (Wildman–Crippen LogP) is 4.56. The van der Waals surface area contributed by atoms with E-state index in [4.69, 9.17) is 9.51 Å². The number of fused-ring (bicyclic) bond motifs is 3. The number of aromatic nitrogens is 7. The molecule has 0 saturated heterocycles. The fraction of sp³-hybridized carbons (Fsp3) is 0.280. The average Bonchev–Trinajstić information content (AvgIpc) is 3.43. The maximum Gasteiger partial charge on any atom is 0.284 e. The van der Waals surface area contributed by atoms with Crippen molar-refractivity contribution in [2.24, 2.45) is 0 Å². The molecule has 0 radical (unpaired) electrons. The first-order chi connectivity index (χ1) is 17.2. The van der Waals surface area contributed by atoms with E-state index in [2.05, 4.69) is 24.8 Å². The number of thioether (sulfide) groups is 1. The zero-order valence-corrected chi connectivity index (χ0v) is 20.0. The van der Waals surface area contributed by atoms with Crippen molar-refractivity contribution in [2.75, 3.05) is 0 Å². The average molecular weight is 486 g/mol. The van der Waals surface area contributed by atoms with Gasteiger partial charge in [0.25, 0.3) is 5.56 Å². The van der Waals surface area contributed by atoms with Crippen LogP contribution in [0.5, 0.6) is 0 Å². The van der Waals surface area contributed by atoms with Gasteiger partial charge in [0.05, 0.1) is 10.9 Å². The lowest BCUT2D eigenvalue weighted by Crippen LogP contribution is -2.19. The molecule has 0 bridgehead atoms. The van der Waals surface area contributed by atoms with Gasteiger partial charge < -0.3 is 9.09 Å². The summed E-state index contributed by atoms with van der Waals surface area (Å²) in [5.74, 6) is 1.49. The van der Waals surface area contributed by atoms with Crippen molar-refractivity contribution in [1.82, 2.24) is 34.5 Å². The predicted molar refractivity (Wildman–Crippen MR) is 132 cm³/mol. The van der Waals surface area contributed by atoms with E-state index in [1.807, 2.05) is 49.4 Å². The highest BCUT2D eigenvalue weighted by Crippen LogP contribution is 2.37. The molecule has 6 rings (SSSR count). The molecule has 35 heavy (non-hydrogen) atoms. The highest BCUT2D eigenvalue weighted by atomic mass is 32.2. The first kappa shape index (κ1) is 21.7. The molecule has 0 amide bonds. The molecule has 1 unspecified atom stereocenters. The van der Waals surface area contributed by atoms with Crippen molar-refractivity contribution in [3.63, 3.8) is 0 Å². The van der Waals surface area contributed by atoms with E-state index in [9.17, 15) is 4.79 Å². The highest BCUT2D eigenvalue weighted by molar-refractivity contribution is 7.99. The summed E-state index contributed by atoms with van der Waals surface area (Å²) in [4.78, 5) is 27.0. The van der Waals surface area contributed by atoms with E-state index >= 15 is 0 Å². The maximum atomic E-state index is 13.4. The molecule has 3 aliphatic rings. The van der Waals surface area contributed by atoms with Crippen LogP contribution in [0, 0.1) is 0 Å². The van der Waals surface area contributed by atoms with Gasteiger partial charge >= 0.3 is 0 Å². The van der Waals surface area contributed by atoms with Crippen molar-refractivity contribution in [3.8, 4) is 28.5 Å². The second-order valence-corrected chi connectivity index (χ2v) is 9.82. The van der Waals surface area contributed by atoms with Crippen LogP contribution in [0.2, 0.25) is 0 Å². The molecule has 9 nitrogen and oxygen atoms in total. The summed E-state index contributed by atoms with van der Waals surface area (Å²) in [5, 5.41) is 9.41. The van der Waals surface area contributed by atoms with Gasteiger partial charge in [-0.15, -0.1) is 5.10 Å². The maximum absolute atomic E-state index is 13.4. The van der Waals surface area contributed by atoms with Gasteiger partial charge in [-0.3, -0.25) is 9.78 Å². The molecule has 1 aromatic carbocycles. The molecule has 0 N–H and O–H groups in total. The Morgan fingerprint density at radius 2 is 1.91 bits per heavy atom. The largest absolute Gasteiger partial charge is 0.338 e. The standard InChI is InChI=1S/C25H23N7O2S/c1-16(23-27-21(30-34-23)17-9-8-13-26-15-17)35-25-28-22-20(19-12-6-3-7-14-31(19)25)24(33)32(29-22)18-10-4-2-5-11-18/h2,4-5,8-11,13,15-16H,3,6-7,12,14H2,1H3. The highest BCUT2D eigenvalue weighted by Gasteiger charge is 2.28. The summed E-state index contributed by atoms with van der Waals surface area (Å²) in [6.07, 6.45) is 7.43. The number of pyridine rings is 1. The lowest BCUT2D eigenvalue weighted by atomic mass is 10.1. The van der Waals surface area contributed by atoms with Gasteiger partial charge in [0, 0.05) is 30.2 Å². The van der Waals surface area contributed by atoms with Crippen LogP contribution in [0.15, 0.2) is 69.3 Å². The molecule has 3 aliphatic heterocycles.